The summed E-state index contributed by atoms with van der Waals surface area (Å²) < 4.78 is 59.1. The van der Waals surface area contributed by atoms with E-state index in [-0.39, 0.29) is 19.6 Å². The Balaban J connectivity index is 2.43. The Hall–Kier alpha value is -2.98. The van der Waals surface area contributed by atoms with Gasteiger partial charge in [0, 0.05) is 13.0 Å². The molecule has 1 heterocycles. The topological polar surface area (TPSA) is 178 Å². The zero-order chi connectivity index (χ0) is 46.8. The highest BCUT2D eigenvalue weighted by Gasteiger charge is 2.48. The van der Waals surface area contributed by atoms with Gasteiger partial charge in [-0.2, -0.15) is 8.42 Å². The van der Waals surface area contributed by atoms with E-state index in [1.165, 1.54) is 19.3 Å². The molecule has 0 aromatic rings. The molecule has 0 amide bonds. The van der Waals surface area contributed by atoms with Gasteiger partial charge < -0.3 is 34.3 Å². The largest absolute Gasteiger partial charge is 0.457 e. The van der Waals surface area contributed by atoms with Gasteiger partial charge in [-0.25, -0.2) is 4.18 Å². The normalized spacial score (nSPS) is 20.6. The molecule has 64 heavy (non-hydrogen) atoms. The molecule has 1 rings (SSSR count). The molecule has 0 aromatic carbocycles. The molecular weight excluding hydrogens is 837 g/mol. The van der Waals surface area contributed by atoms with Gasteiger partial charge in [0.1, 0.15) is 30.5 Å². The molecule has 366 valence electrons. The summed E-state index contributed by atoms with van der Waals surface area (Å²) in [7, 11) is -5.07. The van der Waals surface area contributed by atoms with Crippen molar-refractivity contribution in [3.8, 4) is 0 Å². The van der Waals surface area contributed by atoms with E-state index in [2.05, 4.69) is 115 Å². The first-order valence-corrected chi connectivity index (χ1v) is 25.4. The van der Waals surface area contributed by atoms with Gasteiger partial charge in [0.05, 0.1) is 19.8 Å². The van der Waals surface area contributed by atoms with Crippen molar-refractivity contribution in [1.29, 1.82) is 0 Å². The van der Waals surface area contributed by atoms with Crippen LogP contribution < -0.4 is 0 Å². The van der Waals surface area contributed by atoms with Crippen molar-refractivity contribution in [3.63, 3.8) is 0 Å². The van der Waals surface area contributed by atoms with Crippen molar-refractivity contribution < 1.29 is 56.2 Å². The van der Waals surface area contributed by atoms with Gasteiger partial charge in [-0.05, 0) is 89.9 Å². The molecule has 6 unspecified atom stereocenters. The Labute approximate surface area is 386 Å². The van der Waals surface area contributed by atoms with Gasteiger partial charge in [0.15, 0.2) is 6.29 Å². The third-order valence-corrected chi connectivity index (χ3v) is 10.7. The van der Waals surface area contributed by atoms with E-state index in [9.17, 15) is 33.1 Å². The Morgan fingerprint density at radius 1 is 0.594 bits per heavy atom. The summed E-state index contributed by atoms with van der Waals surface area (Å²) in [5, 5.41) is 30.7. The van der Waals surface area contributed by atoms with Crippen LogP contribution in [-0.2, 0) is 38.3 Å². The Kier molecular flexibility index (Phi) is 38.2. The van der Waals surface area contributed by atoms with Crippen LogP contribution in [0.25, 0.3) is 0 Å². The predicted octanol–water partition coefficient (Wildman–Crippen LogP) is 10.6. The van der Waals surface area contributed by atoms with Crippen molar-refractivity contribution in [3.05, 3.63) is 97.2 Å². The molecule has 13 heteroatoms. The van der Waals surface area contributed by atoms with Crippen molar-refractivity contribution >= 4 is 16.4 Å². The molecule has 1 aliphatic rings. The van der Waals surface area contributed by atoms with E-state index < -0.39 is 59.8 Å². The van der Waals surface area contributed by atoms with Crippen LogP contribution in [0.4, 0.5) is 0 Å². The highest BCUT2D eigenvalue weighted by molar-refractivity contribution is 7.80. The van der Waals surface area contributed by atoms with Gasteiger partial charge in [0.25, 0.3) is 0 Å². The number of ether oxygens (including phenoxy) is 4. The Bertz CT molecular complexity index is 1480. The van der Waals surface area contributed by atoms with E-state index in [0.29, 0.717) is 13.0 Å². The average Bonchev–Trinajstić information content (AvgIpc) is 3.27. The highest BCUT2D eigenvalue weighted by atomic mass is 32.3. The van der Waals surface area contributed by atoms with Gasteiger partial charge in [0.2, 0.25) is 0 Å². The minimum atomic E-state index is -5.07. The molecule has 1 saturated heterocycles. The maximum absolute atomic E-state index is 12.9. The molecule has 0 bridgehead atoms. The molecular formula is C51H84O12S. The van der Waals surface area contributed by atoms with Crippen molar-refractivity contribution in [2.24, 2.45) is 0 Å². The molecule has 12 nitrogen and oxygen atoms in total. The number of unbranched alkanes of at least 4 members (excludes halogenated alkanes) is 11. The second-order valence-electron chi connectivity index (χ2n) is 15.9. The second kappa shape index (κ2) is 41.5. The maximum Gasteiger partial charge on any atom is 0.397 e. The molecule has 0 aliphatic carbocycles. The molecule has 0 aromatic heterocycles. The lowest BCUT2D eigenvalue weighted by Gasteiger charge is -2.41. The van der Waals surface area contributed by atoms with E-state index in [1.807, 2.05) is 0 Å². The lowest BCUT2D eigenvalue weighted by molar-refractivity contribution is -0.301. The second-order valence-corrected chi connectivity index (χ2v) is 17.0. The SMILES string of the molecule is CC/C=C\C/C=C\C/C=C\C/C=C\CCCCCCCCCOCC(COC1OC(CO)C(O)C(OS(=O)(=O)O)C1O)OC(=O)CCCCCC/C=C\C/C=C\C/C=C\C/C=C\CC. The number of carbonyl (C=O) groups excluding carboxylic acids is 1. The highest BCUT2D eigenvalue weighted by Crippen LogP contribution is 2.26. The molecule has 1 aliphatic heterocycles. The number of carbonyl (C=O) groups is 1. The van der Waals surface area contributed by atoms with Crippen LogP contribution in [0.2, 0.25) is 0 Å². The zero-order valence-corrected chi connectivity index (χ0v) is 39.9. The van der Waals surface area contributed by atoms with Gasteiger partial charge in [-0.15, -0.1) is 0 Å². The quantitative estimate of drug-likeness (QED) is 0.0198. The zero-order valence-electron chi connectivity index (χ0n) is 39.0. The van der Waals surface area contributed by atoms with Crippen LogP contribution in [0.3, 0.4) is 0 Å². The van der Waals surface area contributed by atoms with Crippen LogP contribution in [0.5, 0.6) is 0 Å². The number of aliphatic hydroxyl groups is 3. The van der Waals surface area contributed by atoms with Gasteiger partial charge in [-0.3, -0.25) is 9.35 Å². The fraction of sp³-hybridized carbons (Fsp3) is 0.667. The summed E-state index contributed by atoms with van der Waals surface area (Å²) >= 11 is 0. The summed E-state index contributed by atoms with van der Waals surface area (Å²) in [4.78, 5) is 12.9. The molecule has 0 spiro atoms. The van der Waals surface area contributed by atoms with Crippen molar-refractivity contribution in [2.45, 2.75) is 192 Å². The number of allylic oxidation sites excluding steroid dienone is 16. The molecule has 1 fully saturated rings. The fourth-order valence-corrected chi connectivity index (χ4v) is 7.16. The van der Waals surface area contributed by atoms with Crippen LogP contribution in [0.1, 0.15) is 155 Å². The first-order chi connectivity index (χ1) is 31.1. The number of hydrogen-bond acceptors (Lipinski definition) is 11. The third-order valence-electron chi connectivity index (χ3n) is 10.2. The Morgan fingerprint density at radius 3 is 1.50 bits per heavy atom. The number of hydrogen-bond donors (Lipinski definition) is 4. The van der Waals surface area contributed by atoms with Gasteiger partial charge in [-0.1, -0.05) is 156 Å². The van der Waals surface area contributed by atoms with Crippen LogP contribution >= 0.6 is 0 Å². The van der Waals surface area contributed by atoms with E-state index in [0.717, 1.165) is 109 Å². The molecule has 0 saturated carbocycles. The van der Waals surface area contributed by atoms with E-state index in [1.54, 1.807) is 0 Å². The van der Waals surface area contributed by atoms with Gasteiger partial charge >= 0.3 is 16.4 Å². The molecule has 6 atom stereocenters. The number of rotatable bonds is 40. The van der Waals surface area contributed by atoms with Crippen molar-refractivity contribution in [1.82, 2.24) is 0 Å². The summed E-state index contributed by atoms with van der Waals surface area (Å²) in [5.41, 5.74) is 0. The predicted molar refractivity (Wildman–Crippen MR) is 257 cm³/mol. The van der Waals surface area contributed by atoms with E-state index in [4.69, 9.17) is 18.9 Å². The standard InChI is InChI=1S/C51H84O12S/c1-3-5-7-9-11-13-15-17-19-21-22-23-25-27-29-31-33-35-37-39-41-59-43-45(44-60-51-49(55)50(63-64(56,57)58)48(54)46(42-52)62-51)61-47(53)40-38-36-34-32-30-28-26-24-20-18-16-14-12-10-8-6-4-2/h5-8,11-14,17-20,22-23,26,28,45-46,48-52,54-55H,3-4,9-10,15-16,21,24-25,27,29-44H2,1-2H3,(H,56,57,58)/b7-5-,8-6-,13-11-,14-12-,19-17-,20-18-,23-22-,28-26-. The average molecular weight is 921 g/mol. The lowest BCUT2D eigenvalue weighted by atomic mass is 9.99. The summed E-state index contributed by atoms with van der Waals surface area (Å²) in [5.74, 6) is -0.431. The Morgan fingerprint density at radius 2 is 1.03 bits per heavy atom. The molecule has 0 radical (unpaired) electrons. The summed E-state index contributed by atoms with van der Waals surface area (Å²) in [6, 6.07) is 0. The first-order valence-electron chi connectivity index (χ1n) is 24.0. The number of esters is 1. The van der Waals surface area contributed by atoms with E-state index >= 15 is 0 Å². The summed E-state index contributed by atoms with van der Waals surface area (Å²) in [6.07, 6.45) is 47.2. The number of aliphatic hydroxyl groups excluding tert-OH is 3. The minimum absolute atomic E-state index is 0.0116. The van der Waals surface area contributed by atoms with Crippen LogP contribution in [-0.4, -0.2) is 97.5 Å². The van der Waals surface area contributed by atoms with Crippen LogP contribution in [0, 0.1) is 0 Å². The summed E-state index contributed by atoms with van der Waals surface area (Å²) in [6.45, 7) is 3.69. The molecule has 4 N–H and O–H groups in total. The third kappa shape index (κ3) is 34.4. The van der Waals surface area contributed by atoms with Crippen molar-refractivity contribution in [2.75, 3.05) is 26.4 Å². The first kappa shape index (κ1) is 59.0. The minimum Gasteiger partial charge on any atom is -0.457 e. The van der Waals surface area contributed by atoms with Crippen LogP contribution in [0.15, 0.2) is 97.2 Å². The fourth-order valence-electron chi connectivity index (χ4n) is 6.65. The maximum atomic E-state index is 12.9. The monoisotopic (exact) mass is 921 g/mol. The lowest BCUT2D eigenvalue weighted by Crippen LogP contribution is -2.60. The smallest absolute Gasteiger partial charge is 0.397 e.